The molecule has 376 valence electrons. The quantitative estimate of drug-likeness (QED) is 0.0261. The summed E-state index contributed by atoms with van der Waals surface area (Å²) in [5.41, 5.74) is 2.14. The van der Waals surface area contributed by atoms with E-state index in [4.69, 9.17) is 42.3 Å². The lowest BCUT2D eigenvalue weighted by Gasteiger charge is -2.56. The molecule has 6 aromatic rings. The first-order valence-corrected chi connectivity index (χ1v) is 26.7. The smallest absolute Gasteiger partial charge is 0.408 e. The summed E-state index contributed by atoms with van der Waals surface area (Å²) in [4.78, 5) is 14.5. The van der Waals surface area contributed by atoms with Gasteiger partial charge in [-0.05, 0) is 93.8 Å². The zero-order valence-electron chi connectivity index (χ0n) is 42.4. The SMILES string of the molecule is COc1ccc(C(OCC[C@]23NC(=O)O[C@H](C(CO[Si](c4ccccc4)(c4ccccc4)C(C)(C)C)=C[C@H]2OCOCc2ccccc2)[C@@H]3[C@H]2COC(C)(C)O2)(c2ccccc2)c2ccc(OC)cc2)cc1. The molecule has 3 aliphatic rings. The molecule has 0 aromatic heterocycles. The van der Waals surface area contributed by atoms with Crippen molar-refractivity contribution in [3.63, 3.8) is 0 Å². The van der Waals surface area contributed by atoms with Crippen molar-refractivity contribution in [2.75, 3.05) is 40.8 Å². The van der Waals surface area contributed by atoms with Crippen molar-refractivity contribution in [1.29, 1.82) is 0 Å². The number of nitrogens with one attached hydrogen (secondary N) is 1. The molecule has 5 atom stereocenters. The minimum absolute atomic E-state index is 0.0746. The van der Waals surface area contributed by atoms with E-state index in [0.29, 0.717) is 18.1 Å². The number of methoxy groups -OCH3 is 2. The normalized spacial score (nSPS) is 21.8. The molecule has 1 aliphatic carbocycles. The monoisotopic (exact) mass is 989 g/mol. The summed E-state index contributed by atoms with van der Waals surface area (Å²) >= 11 is 0. The first-order chi connectivity index (χ1) is 34.8. The lowest BCUT2D eigenvalue weighted by Crippen LogP contribution is -2.74. The van der Waals surface area contributed by atoms with Crippen molar-refractivity contribution in [1.82, 2.24) is 5.32 Å². The molecule has 9 rings (SSSR count). The molecule has 0 spiro atoms. The van der Waals surface area contributed by atoms with Gasteiger partial charge in [0.05, 0.1) is 58.2 Å². The predicted molar refractivity (Wildman–Crippen MR) is 280 cm³/mol. The van der Waals surface area contributed by atoms with Gasteiger partial charge in [-0.3, -0.25) is 0 Å². The molecular weight excluding hydrogens is 923 g/mol. The number of hydrogen-bond acceptors (Lipinski definition) is 10. The molecule has 0 unspecified atom stereocenters. The van der Waals surface area contributed by atoms with E-state index in [9.17, 15) is 4.79 Å². The van der Waals surface area contributed by atoms with E-state index in [1.165, 1.54) is 0 Å². The fourth-order valence-electron chi connectivity index (χ4n) is 11.1. The predicted octanol–water partition coefficient (Wildman–Crippen LogP) is 10.1. The van der Waals surface area contributed by atoms with Crippen LogP contribution in [0.25, 0.3) is 0 Å². The van der Waals surface area contributed by atoms with Gasteiger partial charge in [0.15, 0.2) is 5.79 Å². The molecule has 0 radical (unpaired) electrons. The molecule has 2 aliphatic heterocycles. The lowest BCUT2D eigenvalue weighted by molar-refractivity contribution is -0.185. The average molecular weight is 990 g/mol. The van der Waals surface area contributed by atoms with Gasteiger partial charge in [-0.1, -0.05) is 166 Å². The first-order valence-electron chi connectivity index (χ1n) is 24.8. The number of carbonyl (C=O) groups excluding carboxylic acids is 1. The Labute approximate surface area is 425 Å². The van der Waals surface area contributed by atoms with Crippen molar-refractivity contribution in [3.05, 3.63) is 204 Å². The van der Waals surface area contributed by atoms with Crippen LogP contribution in [0, 0.1) is 5.92 Å². The third kappa shape index (κ3) is 10.1. The van der Waals surface area contributed by atoms with Gasteiger partial charge in [0, 0.05) is 0 Å². The van der Waals surface area contributed by atoms with Gasteiger partial charge in [-0.2, -0.15) is 0 Å². The summed E-state index contributed by atoms with van der Waals surface area (Å²) in [6.07, 6.45) is -0.323. The molecule has 1 N–H and O–H groups in total. The van der Waals surface area contributed by atoms with E-state index >= 15 is 0 Å². The Morgan fingerprint density at radius 1 is 0.681 bits per heavy atom. The highest BCUT2D eigenvalue weighted by atomic mass is 28.4. The van der Waals surface area contributed by atoms with E-state index in [2.05, 4.69) is 92.8 Å². The van der Waals surface area contributed by atoms with Crippen LogP contribution in [0.15, 0.2) is 182 Å². The average Bonchev–Trinajstić information content (AvgIpc) is 3.76. The minimum atomic E-state index is -3.08. The van der Waals surface area contributed by atoms with E-state index in [1.54, 1.807) is 14.2 Å². The maximum absolute atomic E-state index is 14.5. The molecule has 6 aromatic carbocycles. The topological polar surface area (TPSA) is 112 Å². The van der Waals surface area contributed by atoms with Gasteiger partial charge in [-0.15, -0.1) is 0 Å². The van der Waals surface area contributed by atoms with Gasteiger partial charge in [-0.25, -0.2) is 4.79 Å². The van der Waals surface area contributed by atoms with Gasteiger partial charge in [0.25, 0.3) is 8.32 Å². The van der Waals surface area contributed by atoms with Gasteiger partial charge < -0.3 is 47.6 Å². The van der Waals surface area contributed by atoms with Crippen molar-refractivity contribution in [3.8, 4) is 11.5 Å². The van der Waals surface area contributed by atoms with Gasteiger partial charge in [0.1, 0.15) is 36.1 Å². The Morgan fingerprint density at radius 3 is 1.72 bits per heavy atom. The number of rotatable bonds is 20. The second-order valence-electron chi connectivity index (χ2n) is 20.2. The third-order valence-corrected chi connectivity index (χ3v) is 19.5. The van der Waals surface area contributed by atoms with Crippen LogP contribution in [-0.2, 0) is 45.1 Å². The number of benzene rings is 6. The largest absolute Gasteiger partial charge is 0.497 e. The maximum atomic E-state index is 14.5. The van der Waals surface area contributed by atoms with Crippen LogP contribution < -0.4 is 25.2 Å². The van der Waals surface area contributed by atoms with E-state index in [-0.39, 0.29) is 38.1 Å². The Kier molecular flexibility index (Phi) is 15.2. The Hall–Kier alpha value is -6.09. The van der Waals surface area contributed by atoms with Crippen LogP contribution in [0.3, 0.4) is 0 Å². The van der Waals surface area contributed by atoms with Gasteiger partial charge in [0.2, 0.25) is 0 Å². The summed E-state index contributed by atoms with van der Waals surface area (Å²) < 4.78 is 59.4. The Bertz CT molecular complexity index is 2650. The van der Waals surface area contributed by atoms with Crippen LogP contribution in [0.5, 0.6) is 11.5 Å². The number of fused-ring (bicyclic) bond motifs is 2. The number of amides is 1. The Balaban J connectivity index is 1.16. The molecule has 1 amide bonds. The molecule has 0 saturated carbocycles. The van der Waals surface area contributed by atoms with Crippen LogP contribution >= 0.6 is 0 Å². The van der Waals surface area contributed by atoms with Crippen LogP contribution in [0.4, 0.5) is 4.79 Å². The highest BCUT2D eigenvalue weighted by Crippen LogP contribution is 2.49. The maximum Gasteiger partial charge on any atom is 0.408 e. The van der Waals surface area contributed by atoms with E-state index in [0.717, 1.165) is 38.2 Å². The molecule has 2 heterocycles. The summed E-state index contributed by atoms with van der Waals surface area (Å²) in [6, 6.07) is 57.1. The molecule has 72 heavy (non-hydrogen) atoms. The van der Waals surface area contributed by atoms with Crippen molar-refractivity contribution in [2.24, 2.45) is 5.92 Å². The van der Waals surface area contributed by atoms with Crippen molar-refractivity contribution in [2.45, 2.75) is 87.9 Å². The number of carbonyl (C=O) groups is 1. The summed E-state index contributed by atoms with van der Waals surface area (Å²) in [5, 5.41) is 5.32. The van der Waals surface area contributed by atoms with Crippen molar-refractivity contribution >= 4 is 24.8 Å². The van der Waals surface area contributed by atoms with Crippen LogP contribution in [-0.4, -0.2) is 84.9 Å². The number of hydrogen-bond donors (Lipinski definition) is 1. The standard InChI is InChI=1S/C60H67NO10Si/c1-57(2,3)72(50-24-16-10-17-25-50,51-26-18-11-19-27-51)69-40-44-38-53(66-42-65-39-43-20-12-8-13-21-43)59(54(55(44)70-56(62)61-59)52-41-68-58(4,5)71-52)36-37-67-60(45-22-14-9-15-23-45,46-28-32-48(63-6)33-29-46)47-30-34-49(64-7)35-31-47/h8-35,38,52-55H,36-37,39-42H2,1-7H3,(H,61,62)/t52-,53-,54+,55-,59+/m1/s1. The van der Waals surface area contributed by atoms with Crippen LogP contribution in [0.2, 0.25) is 5.04 Å². The second kappa shape index (κ2) is 21.6. The zero-order chi connectivity index (χ0) is 50.4. The zero-order valence-corrected chi connectivity index (χ0v) is 43.4. The number of ether oxygens (including phenoxy) is 8. The minimum Gasteiger partial charge on any atom is -0.497 e. The summed E-state index contributed by atoms with van der Waals surface area (Å²) in [7, 11) is 0.226. The number of alkyl carbamates (subject to hydrolysis) is 1. The first kappa shape index (κ1) is 50.8. The highest BCUT2D eigenvalue weighted by Gasteiger charge is 2.63. The Morgan fingerprint density at radius 2 is 1.21 bits per heavy atom. The highest BCUT2D eigenvalue weighted by molar-refractivity contribution is 6.99. The lowest BCUT2D eigenvalue weighted by atomic mass is 9.65. The van der Waals surface area contributed by atoms with E-state index in [1.807, 2.05) is 123 Å². The molecular formula is C60H67NO10Si. The van der Waals surface area contributed by atoms with Crippen LogP contribution in [0.1, 0.15) is 63.3 Å². The van der Waals surface area contributed by atoms with Crippen molar-refractivity contribution < 1.29 is 47.1 Å². The molecule has 2 bridgehead atoms. The molecule has 11 nitrogen and oxygen atoms in total. The fourth-order valence-corrected chi connectivity index (χ4v) is 15.7. The molecule has 2 fully saturated rings. The molecule has 2 saturated heterocycles. The van der Waals surface area contributed by atoms with E-state index < -0.39 is 55.6 Å². The third-order valence-electron chi connectivity index (χ3n) is 14.5. The summed E-state index contributed by atoms with van der Waals surface area (Å²) in [6.45, 7) is 11.4. The fraction of sp³-hybridized carbons (Fsp3) is 0.350. The second-order valence-corrected chi connectivity index (χ2v) is 24.5. The summed E-state index contributed by atoms with van der Waals surface area (Å²) in [5.74, 6) is -0.0232. The van der Waals surface area contributed by atoms with Gasteiger partial charge >= 0.3 is 6.09 Å². The molecule has 12 heteroatoms.